The lowest BCUT2D eigenvalue weighted by Gasteiger charge is -2.08. The molecule has 0 aliphatic heterocycles. The molecule has 4 aromatic carbocycles. The first kappa shape index (κ1) is 20.4. The van der Waals surface area contributed by atoms with Crippen molar-refractivity contribution in [3.63, 3.8) is 0 Å². The number of anilines is 2. The topological polar surface area (TPSA) is 75.3 Å². The fourth-order valence-electron chi connectivity index (χ4n) is 3.09. The van der Waals surface area contributed by atoms with Gasteiger partial charge in [-0.1, -0.05) is 60.7 Å². The second-order valence-corrected chi connectivity index (χ2v) is 8.52. The highest BCUT2D eigenvalue weighted by molar-refractivity contribution is 7.95. The minimum atomic E-state index is -3.67. The van der Waals surface area contributed by atoms with Gasteiger partial charge in [0.05, 0.1) is 5.41 Å². The molecule has 5 nitrogen and oxygen atoms in total. The van der Waals surface area contributed by atoms with Crippen molar-refractivity contribution in [2.45, 2.75) is 0 Å². The maximum Gasteiger partial charge on any atom is 0.255 e. The molecule has 0 aliphatic rings. The number of fused-ring (bicyclic) bond motifs is 1. The molecule has 0 atom stereocenters. The molecule has 4 aromatic rings. The smallest absolute Gasteiger partial charge is 0.255 e. The summed E-state index contributed by atoms with van der Waals surface area (Å²) >= 11 is 0. The van der Waals surface area contributed by atoms with Crippen molar-refractivity contribution >= 4 is 44.2 Å². The van der Waals surface area contributed by atoms with Crippen LogP contribution in [0.2, 0.25) is 0 Å². The molecule has 0 bridgehead atoms. The molecule has 4 rings (SSSR count). The van der Waals surface area contributed by atoms with E-state index < -0.39 is 10.0 Å². The van der Waals surface area contributed by atoms with Gasteiger partial charge >= 0.3 is 0 Å². The Hall–Kier alpha value is -3.90. The third-order valence-corrected chi connectivity index (χ3v) is 5.67. The van der Waals surface area contributed by atoms with Crippen LogP contribution in [-0.2, 0) is 10.0 Å². The summed E-state index contributed by atoms with van der Waals surface area (Å²) in [5.74, 6) is -0.270. The third kappa shape index (κ3) is 5.38. The molecule has 0 aliphatic carbocycles. The van der Waals surface area contributed by atoms with Crippen LogP contribution >= 0.6 is 0 Å². The summed E-state index contributed by atoms with van der Waals surface area (Å²) in [6, 6.07) is 29.1. The monoisotopic (exact) mass is 428 g/mol. The number of carbonyl (C=O) groups excluding carboxylic acids is 1. The molecule has 0 unspecified atom stereocenters. The minimum Gasteiger partial charge on any atom is -0.322 e. The molecular weight excluding hydrogens is 408 g/mol. The summed E-state index contributed by atoms with van der Waals surface area (Å²) in [6.07, 6.45) is 1.52. The molecule has 2 N–H and O–H groups in total. The van der Waals surface area contributed by atoms with Gasteiger partial charge in [0.15, 0.2) is 0 Å². The first-order valence-corrected chi connectivity index (χ1v) is 11.2. The first-order chi connectivity index (χ1) is 15.0. The highest BCUT2D eigenvalue weighted by atomic mass is 32.2. The van der Waals surface area contributed by atoms with Crippen molar-refractivity contribution in [1.82, 2.24) is 0 Å². The molecular formula is C25H20N2O3S. The number of rotatable bonds is 6. The van der Waals surface area contributed by atoms with Crippen molar-refractivity contribution in [3.05, 3.63) is 114 Å². The first-order valence-electron chi connectivity index (χ1n) is 9.65. The highest BCUT2D eigenvalue weighted by Gasteiger charge is 2.09. The van der Waals surface area contributed by atoms with Crippen LogP contribution in [0.5, 0.6) is 0 Å². The fourth-order valence-corrected chi connectivity index (χ4v) is 3.96. The molecule has 0 saturated carbocycles. The van der Waals surface area contributed by atoms with Crippen LogP contribution in [0.15, 0.2) is 102 Å². The van der Waals surface area contributed by atoms with Gasteiger partial charge in [-0.2, -0.15) is 0 Å². The zero-order chi connectivity index (χ0) is 21.7. The second-order valence-electron chi connectivity index (χ2n) is 6.95. The van der Waals surface area contributed by atoms with Gasteiger partial charge in [0.2, 0.25) is 0 Å². The molecule has 0 fully saturated rings. The number of sulfonamides is 1. The van der Waals surface area contributed by atoms with Crippen LogP contribution in [0.4, 0.5) is 11.4 Å². The van der Waals surface area contributed by atoms with E-state index in [0.717, 1.165) is 21.7 Å². The van der Waals surface area contributed by atoms with E-state index in [4.69, 9.17) is 0 Å². The van der Waals surface area contributed by atoms with Gasteiger partial charge in [-0.15, -0.1) is 0 Å². The Labute approximate surface area is 181 Å². The minimum absolute atomic E-state index is 0.270. The molecule has 1 amide bonds. The molecule has 0 saturated heterocycles. The lowest BCUT2D eigenvalue weighted by molar-refractivity contribution is 0.102. The standard InChI is InChI=1S/C25H20N2O3S/c28-25(26-24-15-10-20-8-4-5-9-22(20)18-24)21-11-13-23(14-12-21)27-31(29,30)17-16-19-6-2-1-3-7-19/h1-18,27H,(H,26,28)/b17-16+. The number of hydrogen-bond acceptors (Lipinski definition) is 3. The lowest BCUT2D eigenvalue weighted by Crippen LogP contribution is -2.12. The number of benzene rings is 4. The van der Waals surface area contributed by atoms with Crippen molar-refractivity contribution in [2.24, 2.45) is 0 Å². The van der Waals surface area contributed by atoms with E-state index in [0.29, 0.717) is 16.9 Å². The Balaban J connectivity index is 1.42. The predicted molar refractivity (Wildman–Crippen MR) is 126 cm³/mol. The molecule has 0 aromatic heterocycles. The number of carbonyl (C=O) groups is 1. The molecule has 0 radical (unpaired) electrons. The Morgan fingerprint density at radius 3 is 2.10 bits per heavy atom. The SMILES string of the molecule is O=C(Nc1ccc2ccccc2c1)c1ccc(NS(=O)(=O)/C=C/c2ccccc2)cc1. The zero-order valence-electron chi connectivity index (χ0n) is 16.5. The summed E-state index contributed by atoms with van der Waals surface area (Å²) in [7, 11) is -3.67. The Bertz CT molecular complexity index is 1350. The Morgan fingerprint density at radius 2 is 1.35 bits per heavy atom. The van der Waals surface area contributed by atoms with E-state index >= 15 is 0 Å². The summed E-state index contributed by atoms with van der Waals surface area (Å²) in [4.78, 5) is 12.5. The van der Waals surface area contributed by atoms with Crippen LogP contribution in [0, 0.1) is 0 Å². The van der Waals surface area contributed by atoms with Crippen molar-refractivity contribution in [2.75, 3.05) is 10.0 Å². The van der Waals surface area contributed by atoms with Gasteiger partial charge in [0.1, 0.15) is 0 Å². The van der Waals surface area contributed by atoms with Crippen molar-refractivity contribution < 1.29 is 13.2 Å². The maximum absolute atomic E-state index is 12.5. The highest BCUT2D eigenvalue weighted by Crippen LogP contribution is 2.20. The van der Waals surface area contributed by atoms with E-state index in [-0.39, 0.29) is 5.91 Å². The van der Waals surface area contributed by atoms with Gasteiger partial charge in [-0.3, -0.25) is 9.52 Å². The van der Waals surface area contributed by atoms with Crippen LogP contribution in [-0.4, -0.2) is 14.3 Å². The van der Waals surface area contributed by atoms with Gasteiger partial charge < -0.3 is 5.32 Å². The third-order valence-electron chi connectivity index (χ3n) is 4.65. The van der Waals surface area contributed by atoms with Crippen LogP contribution in [0.25, 0.3) is 16.8 Å². The largest absolute Gasteiger partial charge is 0.322 e. The van der Waals surface area contributed by atoms with Crippen LogP contribution in [0.1, 0.15) is 15.9 Å². The average Bonchev–Trinajstić information content (AvgIpc) is 2.79. The number of hydrogen-bond donors (Lipinski definition) is 2. The summed E-state index contributed by atoms with van der Waals surface area (Å²) in [5, 5.41) is 6.11. The van der Waals surface area contributed by atoms with Gasteiger partial charge in [-0.25, -0.2) is 8.42 Å². The molecule has 0 heterocycles. The van der Waals surface area contributed by atoms with Crippen molar-refractivity contribution in [3.8, 4) is 0 Å². The number of amides is 1. The Morgan fingerprint density at radius 1 is 0.710 bits per heavy atom. The van der Waals surface area contributed by atoms with Gasteiger partial charge in [0, 0.05) is 16.9 Å². The predicted octanol–water partition coefficient (Wildman–Crippen LogP) is 5.50. The van der Waals surface area contributed by atoms with Crippen LogP contribution in [0.3, 0.4) is 0 Å². The van der Waals surface area contributed by atoms with E-state index in [9.17, 15) is 13.2 Å². The zero-order valence-corrected chi connectivity index (χ0v) is 17.3. The average molecular weight is 429 g/mol. The molecule has 31 heavy (non-hydrogen) atoms. The van der Waals surface area contributed by atoms with E-state index in [1.54, 1.807) is 24.3 Å². The Kier molecular flexibility index (Phi) is 5.82. The van der Waals surface area contributed by atoms with Crippen molar-refractivity contribution in [1.29, 1.82) is 0 Å². The summed E-state index contributed by atoms with van der Waals surface area (Å²) in [5.41, 5.74) is 2.28. The second kappa shape index (κ2) is 8.85. The fraction of sp³-hybridized carbons (Fsp3) is 0. The molecule has 0 spiro atoms. The van der Waals surface area contributed by atoms with Crippen LogP contribution < -0.4 is 10.0 Å². The summed E-state index contributed by atoms with van der Waals surface area (Å²) < 4.78 is 27.0. The number of nitrogens with one attached hydrogen (secondary N) is 2. The van der Waals surface area contributed by atoms with E-state index in [1.165, 1.54) is 6.08 Å². The molecule has 6 heteroatoms. The van der Waals surface area contributed by atoms with E-state index in [1.807, 2.05) is 72.8 Å². The lowest BCUT2D eigenvalue weighted by atomic mass is 10.1. The van der Waals surface area contributed by atoms with Gasteiger partial charge in [0.25, 0.3) is 15.9 Å². The van der Waals surface area contributed by atoms with E-state index in [2.05, 4.69) is 10.0 Å². The maximum atomic E-state index is 12.5. The molecule has 154 valence electrons. The summed E-state index contributed by atoms with van der Waals surface area (Å²) in [6.45, 7) is 0. The normalized spacial score (nSPS) is 11.5. The quantitative estimate of drug-likeness (QED) is 0.425. The van der Waals surface area contributed by atoms with Gasteiger partial charge in [-0.05, 0) is 58.8 Å².